The number of carbonyl (C=O) groups is 2. The van der Waals surface area contributed by atoms with E-state index >= 15 is 0 Å². The van der Waals surface area contributed by atoms with Gasteiger partial charge in [0, 0.05) is 42.4 Å². The zero-order valence-corrected chi connectivity index (χ0v) is 20.7. The Balaban J connectivity index is 1.68. The summed E-state index contributed by atoms with van der Waals surface area (Å²) < 4.78 is 8.09. The van der Waals surface area contributed by atoms with Gasteiger partial charge in [0.1, 0.15) is 12.4 Å². The topological polar surface area (TPSA) is 63.6 Å². The molecule has 3 heterocycles. The number of nitrogens with zero attached hydrogens (tertiary/aromatic N) is 2. The van der Waals surface area contributed by atoms with E-state index in [2.05, 4.69) is 42.6 Å². The summed E-state index contributed by atoms with van der Waals surface area (Å²) in [7, 11) is 0. The lowest BCUT2D eigenvalue weighted by Crippen LogP contribution is -2.33. The van der Waals surface area contributed by atoms with Crippen LogP contribution in [0.5, 0.6) is 5.75 Å². The summed E-state index contributed by atoms with van der Waals surface area (Å²) >= 11 is 0. The number of imide groups is 1. The van der Waals surface area contributed by atoms with Gasteiger partial charge in [-0.25, -0.2) is 0 Å². The van der Waals surface area contributed by atoms with Crippen LogP contribution in [0.4, 0.5) is 5.69 Å². The fraction of sp³-hybridized carbons (Fsp3) is 0.310. The van der Waals surface area contributed by atoms with E-state index in [-0.39, 0.29) is 24.3 Å². The Labute approximate surface area is 205 Å². The molecule has 1 N–H and O–H groups in total. The first-order valence-electron chi connectivity index (χ1n) is 12.1. The Morgan fingerprint density at radius 2 is 1.91 bits per heavy atom. The van der Waals surface area contributed by atoms with Crippen LogP contribution in [0.15, 0.2) is 72.1 Å². The van der Waals surface area contributed by atoms with Gasteiger partial charge >= 0.3 is 0 Å². The van der Waals surface area contributed by atoms with E-state index in [1.54, 1.807) is 0 Å². The molecule has 6 heteroatoms. The van der Waals surface area contributed by atoms with Gasteiger partial charge in [0.25, 0.3) is 5.91 Å². The molecule has 0 spiro atoms. The first kappa shape index (κ1) is 23.0. The number of nitrogens with one attached hydrogen (secondary N) is 1. The summed E-state index contributed by atoms with van der Waals surface area (Å²) in [6.07, 6.45) is 2.19. The molecule has 5 rings (SSSR count). The largest absolute Gasteiger partial charge is 0.489 e. The van der Waals surface area contributed by atoms with Crippen molar-refractivity contribution in [2.75, 3.05) is 18.5 Å². The number of anilines is 1. The molecule has 180 valence electrons. The zero-order chi connectivity index (χ0) is 24.9. The van der Waals surface area contributed by atoms with Gasteiger partial charge in [-0.3, -0.25) is 14.5 Å². The van der Waals surface area contributed by atoms with Crippen molar-refractivity contribution in [2.24, 2.45) is 5.92 Å². The molecule has 2 amide bonds. The van der Waals surface area contributed by atoms with E-state index in [0.717, 1.165) is 51.3 Å². The number of hydrogen-bond acceptors (Lipinski definition) is 4. The second kappa shape index (κ2) is 8.77. The second-order valence-electron chi connectivity index (χ2n) is 10.0. The number of carbonyl (C=O) groups excluding carboxylic acids is 2. The van der Waals surface area contributed by atoms with Crippen LogP contribution < -0.4 is 10.1 Å². The number of amides is 2. The van der Waals surface area contributed by atoms with Crippen molar-refractivity contribution in [1.82, 2.24) is 9.47 Å². The fourth-order valence-electron chi connectivity index (χ4n) is 5.13. The number of benzene rings is 2. The highest BCUT2D eigenvalue weighted by atomic mass is 16.5. The molecule has 2 aliphatic heterocycles. The molecule has 0 fully saturated rings. The SMILES string of the molecule is C=C(C)COc1ccc([C@@H]2C3=C(CN(C(C)=O)C3=O)Nc3cccc4c3c2cn4CC(C)C)cc1. The van der Waals surface area contributed by atoms with E-state index in [1.165, 1.54) is 11.8 Å². The van der Waals surface area contributed by atoms with E-state index < -0.39 is 0 Å². The van der Waals surface area contributed by atoms with E-state index in [0.29, 0.717) is 18.1 Å². The molecule has 0 aliphatic carbocycles. The van der Waals surface area contributed by atoms with Crippen LogP contribution in [0.25, 0.3) is 10.9 Å². The average Bonchev–Trinajstić information content (AvgIpc) is 3.27. The van der Waals surface area contributed by atoms with Crippen LogP contribution in [-0.4, -0.2) is 34.4 Å². The number of rotatable bonds is 6. The van der Waals surface area contributed by atoms with Crippen molar-refractivity contribution in [3.8, 4) is 5.75 Å². The van der Waals surface area contributed by atoms with Gasteiger partial charge in [0.05, 0.1) is 17.6 Å². The third kappa shape index (κ3) is 4.03. The molecule has 2 aromatic carbocycles. The van der Waals surface area contributed by atoms with Crippen LogP contribution in [0.1, 0.15) is 44.7 Å². The molecule has 0 saturated heterocycles. The predicted octanol–water partition coefficient (Wildman–Crippen LogP) is 5.45. The van der Waals surface area contributed by atoms with E-state index in [4.69, 9.17) is 4.74 Å². The van der Waals surface area contributed by atoms with Crippen molar-refractivity contribution in [3.63, 3.8) is 0 Å². The molecule has 1 atom stereocenters. The molecular formula is C29H31N3O3. The molecule has 35 heavy (non-hydrogen) atoms. The predicted molar refractivity (Wildman–Crippen MR) is 138 cm³/mol. The van der Waals surface area contributed by atoms with Gasteiger partial charge in [0.2, 0.25) is 5.91 Å². The highest BCUT2D eigenvalue weighted by molar-refractivity contribution is 6.11. The number of ether oxygens (including phenoxy) is 1. The van der Waals surface area contributed by atoms with Gasteiger partial charge in [0.15, 0.2) is 0 Å². The molecule has 1 aromatic heterocycles. The molecule has 0 radical (unpaired) electrons. The maximum Gasteiger partial charge on any atom is 0.259 e. The Hall–Kier alpha value is -3.80. The zero-order valence-electron chi connectivity index (χ0n) is 20.7. The molecule has 0 saturated carbocycles. The third-order valence-corrected chi connectivity index (χ3v) is 6.58. The normalized spacial score (nSPS) is 17.0. The molecule has 2 aliphatic rings. The van der Waals surface area contributed by atoms with Gasteiger partial charge in [-0.05, 0) is 53.8 Å². The first-order chi connectivity index (χ1) is 16.7. The molecule has 3 aromatic rings. The minimum atomic E-state index is -0.302. The van der Waals surface area contributed by atoms with Gasteiger partial charge in [-0.2, -0.15) is 0 Å². The quantitative estimate of drug-likeness (QED) is 0.488. The fourth-order valence-corrected chi connectivity index (χ4v) is 5.13. The number of hydrogen-bond donors (Lipinski definition) is 1. The number of aromatic nitrogens is 1. The average molecular weight is 470 g/mol. The minimum Gasteiger partial charge on any atom is -0.489 e. The monoisotopic (exact) mass is 469 g/mol. The van der Waals surface area contributed by atoms with Gasteiger partial charge < -0.3 is 14.6 Å². The van der Waals surface area contributed by atoms with Crippen molar-refractivity contribution in [3.05, 3.63) is 83.2 Å². The van der Waals surface area contributed by atoms with Crippen molar-refractivity contribution < 1.29 is 14.3 Å². The van der Waals surface area contributed by atoms with Gasteiger partial charge in [-0.1, -0.05) is 38.6 Å². The van der Waals surface area contributed by atoms with Crippen LogP contribution in [0.3, 0.4) is 0 Å². The van der Waals surface area contributed by atoms with Crippen LogP contribution in [-0.2, 0) is 16.1 Å². The Kier molecular flexibility index (Phi) is 5.75. The molecular weight excluding hydrogens is 438 g/mol. The maximum atomic E-state index is 13.6. The summed E-state index contributed by atoms with van der Waals surface area (Å²) in [6, 6.07) is 14.1. The lowest BCUT2D eigenvalue weighted by Gasteiger charge is -2.20. The Morgan fingerprint density at radius 3 is 2.57 bits per heavy atom. The summed E-state index contributed by atoms with van der Waals surface area (Å²) in [6.45, 7) is 13.3. The van der Waals surface area contributed by atoms with E-state index in [1.807, 2.05) is 43.3 Å². The van der Waals surface area contributed by atoms with Crippen LogP contribution >= 0.6 is 0 Å². The lowest BCUT2D eigenvalue weighted by molar-refractivity contribution is -0.139. The Morgan fingerprint density at radius 1 is 1.17 bits per heavy atom. The standard InChI is InChI=1S/C29H31N3O3/c1-17(2)13-31-14-22-26(20-9-11-21(12-10-20)35-16-18(3)4)28-24(15-32(19(5)33)29(28)34)30-23-7-6-8-25(31)27(22)23/h6-12,14,17,26,30H,3,13,15-16H2,1-2,4-5H3/t26-/m0/s1. The second-order valence-corrected chi connectivity index (χ2v) is 10.0. The van der Waals surface area contributed by atoms with Crippen molar-refractivity contribution in [1.29, 1.82) is 0 Å². The van der Waals surface area contributed by atoms with Crippen LogP contribution in [0.2, 0.25) is 0 Å². The van der Waals surface area contributed by atoms with Crippen molar-refractivity contribution in [2.45, 2.75) is 40.2 Å². The summed E-state index contributed by atoms with van der Waals surface area (Å²) in [5.74, 6) is 0.443. The minimum absolute atomic E-state index is 0.231. The molecule has 0 unspecified atom stereocenters. The first-order valence-corrected chi connectivity index (χ1v) is 12.1. The Bertz CT molecular complexity index is 1380. The summed E-state index contributed by atoms with van der Waals surface area (Å²) in [5, 5.41) is 4.65. The van der Waals surface area contributed by atoms with E-state index in [9.17, 15) is 9.59 Å². The summed E-state index contributed by atoms with van der Waals surface area (Å²) in [5.41, 5.74) is 6.54. The van der Waals surface area contributed by atoms with Gasteiger partial charge in [-0.15, -0.1) is 0 Å². The molecule has 0 bridgehead atoms. The third-order valence-electron chi connectivity index (χ3n) is 6.58. The highest BCUT2D eigenvalue weighted by Crippen LogP contribution is 2.46. The summed E-state index contributed by atoms with van der Waals surface area (Å²) in [4.78, 5) is 27.2. The van der Waals surface area contributed by atoms with Crippen LogP contribution in [0, 0.1) is 5.92 Å². The van der Waals surface area contributed by atoms with Crippen molar-refractivity contribution >= 4 is 28.4 Å². The molecule has 6 nitrogen and oxygen atoms in total. The smallest absolute Gasteiger partial charge is 0.259 e. The highest BCUT2D eigenvalue weighted by Gasteiger charge is 2.41. The lowest BCUT2D eigenvalue weighted by atomic mass is 9.84. The maximum absolute atomic E-state index is 13.6.